The van der Waals surface area contributed by atoms with Crippen LogP contribution in [0.15, 0.2) is 0 Å². The molecule has 0 atom stereocenters. The predicted molar refractivity (Wildman–Crippen MR) is 67.2 cm³/mol. The van der Waals surface area contributed by atoms with Gasteiger partial charge in [-0.1, -0.05) is 13.3 Å². The van der Waals surface area contributed by atoms with Crippen LogP contribution in [-0.2, 0) is 18.9 Å². The second-order valence-electron chi connectivity index (χ2n) is 4.35. The largest absolute Gasteiger partial charge is 0.396 e. The quantitative estimate of drug-likeness (QED) is 0.789. The third-order valence-electron chi connectivity index (χ3n) is 2.77. The fraction of sp³-hybridized carbons (Fsp3) is 1.00. The molecule has 18 heavy (non-hydrogen) atoms. The summed E-state index contributed by atoms with van der Waals surface area (Å²) in [5, 5.41) is 8.42. The van der Waals surface area contributed by atoms with E-state index in [0.29, 0.717) is 13.2 Å². The number of hydrogen-bond acceptors (Lipinski definition) is 5. The fourth-order valence-corrected chi connectivity index (χ4v) is 1.78. The highest BCUT2D eigenvalue weighted by atomic mass is 16.7. The molecule has 0 aromatic heterocycles. The van der Waals surface area contributed by atoms with Crippen molar-refractivity contribution >= 4 is 0 Å². The SMILES string of the molecule is CCCCC1OCCO1.OCCCC1OCCO1. The average Bonchev–Trinajstić information content (AvgIpc) is 3.07. The van der Waals surface area contributed by atoms with Gasteiger partial charge >= 0.3 is 0 Å². The van der Waals surface area contributed by atoms with Crippen molar-refractivity contribution in [2.45, 2.75) is 51.6 Å². The number of rotatable bonds is 6. The van der Waals surface area contributed by atoms with Crippen molar-refractivity contribution in [2.75, 3.05) is 33.0 Å². The van der Waals surface area contributed by atoms with E-state index in [1.807, 2.05) is 0 Å². The maximum Gasteiger partial charge on any atom is 0.157 e. The van der Waals surface area contributed by atoms with Crippen LogP contribution in [-0.4, -0.2) is 50.7 Å². The molecule has 0 aromatic rings. The lowest BCUT2D eigenvalue weighted by atomic mass is 10.2. The second kappa shape index (κ2) is 10.7. The second-order valence-corrected chi connectivity index (χ2v) is 4.35. The van der Waals surface area contributed by atoms with Gasteiger partial charge in [0.25, 0.3) is 0 Å². The third kappa shape index (κ3) is 7.28. The highest BCUT2D eigenvalue weighted by Gasteiger charge is 2.14. The van der Waals surface area contributed by atoms with Gasteiger partial charge in [0.15, 0.2) is 12.6 Å². The molecule has 5 heteroatoms. The first-order chi connectivity index (χ1) is 8.86. The van der Waals surface area contributed by atoms with E-state index in [1.54, 1.807) is 0 Å². The van der Waals surface area contributed by atoms with Crippen LogP contribution >= 0.6 is 0 Å². The maximum atomic E-state index is 8.42. The van der Waals surface area contributed by atoms with Crippen molar-refractivity contribution in [1.29, 1.82) is 0 Å². The zero-order valence-electron chi connectivity index (χ0n) is 11.3. The molecule has 2 aliphatic rings. The van der Waals surface area contributed by atoms with Gasteiger partial charge in [0.2, 0.25) is 0 Å². The van der Waals surface area contributed by atoms with Crippen molar-refractivity contribution in [3.63, 3.8) is 0 Å². The Balaban J connectivity index is 0.000000180. The zero-order chi connectivity index (χ0) is 13.1. The summed E-state index contributed by atoms with van der Waals surface area (Å²) >= 11 is 0. The molecule has 0 spiro atoms. The van der Waals surface area contributed by atoms with Gasteiger partial charge in [-0.15, -0.1) is 0 Å². The molecule has 0 aromatic carbocycles. The third-order valence-corrected chi connectivity index (χ3v) is 2.77. The normalized spacial score (nSPS) is 21.0. The maximum absolute atomic E-state index is 8.42. The summed E-state index contributed by atoms with van der Waals surface area (Å²) in [5.41, 5.74) is 0. The molecule has 2 rings (SSSR count). The summed E-state index contributed by atoms with van der Waals surface area (Å²) in [4.78, 5) is 0. The highest BCUT2D eigenvalue weighted by Crippen LogP contribution is 2.10. The monoisotopic (exact) mass is 262 g/mol. The van der Waals surface area contributed by atoms with Gasteiger partial charge in [-0.3, -0.25) is 0 Å². The average molecular weight is 262 g/mol. The molecule has 0 unspecified atom stereocenters. The van der Waals surface area contributed by atoms with Crippen molar-refractivity contribution < 1.29 is 24.1 Å². The Hall–Kier alpha value is -0.200. The standard InChI is InChI=1S/C7H14O2.C6H12O3/c1-2-3-4-7-8-5-6-9-7;7-3-1-2-6-8-4-5-9-6/h7H,2-6H2,1H3;6-7H,1-5H2. The van der Waals surface area contributed by atoms with Gasteiger partial charge < -0.3 is 24.1 Å². The molecule has 2 fully saturated rings. The van der Waals surface area contributed by atoms with Crippen LogP contribution in [0, 0.1) is 0 Å². The molecular formula is C13H26O5. The van der Waals surface area contributed by atoms with Crippen molar-refractivity contribution in [1.82, 2.24) is 0 Å². The van der Waals surface area contributed by atoms with E-state index in [0.717, 1.165) is 32.5 Å². The minimum atomic E-state index is -0.0443. The first kappa shape index (κ1) is 15.9. The molecule has 2 heterocycles. The number of unbranched alkanes of at least 4 members (excludes halogenated alkanes) is 1. The zero-order valence-corrected chi connectivity index (χ0v) is 11.3. The van der Waals surface area contributed by atoms with E-state index in [9.17, 15) is 0 Å². The lowest BCUT2D eigenvalue weighted by molar-refractivity contribution is -0.0497. The molecule has 2 aliphatic heterocycles. The van der Waals surface area contributed by atoms with Crippen LogP contribution in [0.2, 0.25) is 0 Å². The number of hydrogen-bond donors (Lipinski definition) is 1. The van der Waals surface area contributed by atoms with Gasteiger partial charge in [-0.25, -0.2) is 0 Å². The highest BCUT2D eigenvalue weighted by molar-refractivity contribution is 4.51. The van der Waals surface area contributed by atoms with Gasteiger partial charge in [0.1, 0.15) is 0 Å². The lowest BCUT2D eigenvalue weighted by Gasteiger charge is -2.05. The van der Waals surface area contributed by atoms with Crippen LogP contribution in [0.5, 0.6) is 0 Å². The molecule has 2 saturated heterocycles. The summed E-state index contributed by atoms with van der Waals surface area (Å²) in [6.45, 7) is 5.38. The van der Waals surface area contributed by atoms with E-state index in [4.69, 9.17) is 24.1 Å². The van der Waals surface area contributed by atoms with Crippen molar-refractivity contribution in [3.8, 4) is 0 Å². The van der Waals surface area contributed by atoms with Crippen molar-refractivity contribution in [2.24, 2.45) is 0 Å². The Morgan fingerprint density at radius 2 is 1.28 bits per heavy atom. The number of aliphatic hydroxyl groups is 1. The van der Waals surface area contributed by atoms with Crippen LogP contribution in [0.1, 0.15) is 39.0 Å². The van der Waals surface area contributed by atoms with Crippen LogP contribution in [0.3, 0.4) is 0 Å². The Morgan fingerprint density at radius 1 is 0.833 bits per heavy atom. The van der Waals surface area contributed by atoms with E-state index in [1.165, 1.54) is 12.8 Å². The van der Waals surface area contributed by atoms with E-state index in [-0.39, 0.29) is 19.2 Å². The molecule has 0 bridgehead atoms. The van der Waals surface area contributed by atoms with E-state index >= 15 is 0 Å². The molecule has 0 amide bonds. The molecule has 5 nitrogen and oxygen atoms in total. The van der Waals surface area contributed by atoms with Crippen LogP contribution in [0.25, 0.3) is 0 Å². The molecular weight excluding hydrogens is 236 g/mol. The topological polar surface area (TPSA) is 57.2 Å². The number of ether oxygens (including phenoxy) is 4. The van der Waals surface area contributed by atoms with E-state index < -0.39 is 0 Å². The molecule has 0 saturated carbocycles. The minimum absolute atomic E-state index is 0.0443. The van der Waals surface area contributed by atoms with Gasteiger partial charge in [-0.05, 0) is 19.3 Å². The van der Waals surface area contributed by atoms with E-state index in [2.05, 4.69) is 6.92 Å². The predicted octanol–water partition coefficient (Wildman–Crippen LogP) is 1.68. The number of aliphatic hydroxyl groups excluding tert-OH is 1. The Kier molecular flexibility index (Phi) is 9.42. The summed E-state index contributed by atoms with van der Waals surface area (Å²) in [6, 6.07) is 0. The fourth-order valence-electron chi connectivity index (χ4n) is 1.78. The Labute approximate surface area is 109 Å². The Morgan fingerprint density at radius 3 is 1.67 bits per heavy atom. The summed E-state index contributed by atoms with van der Waals surface area (Å²) in [5.74, 6) is 0. The molecule has 1 N–H and O–H groups in total. The first-order valence-corrected chi connectivity index (χ1v) is 6.94. The minimum Gasteiger partial charge on any atom is -0.396 e. The van der Waals surface area contributed by atoms with Crippen molar-refractivity contribution in [3.05, 3.63) is 0 Å². The summed E-state index contributed by atoms with van der Waals surface area (Å²) in [6.07, 6.45) is 5.16. The summed E-state index contributed by atoms with van der Waals surface area (Å²) < 4.78 is 20.7. The van der Waals surface area contributed by atoms with Crippen LogP contribution in [0.4, 0.5) is 0 Å². The van der Waals surface area contributed by atoms with Gasteiger partial charge in [0.05, 0.1) is 26.4 Å². The molecule has 0 radical (unpaired) electrons. The smallest absolute Gasteiger partial charge is 0.157 e. The van der Waals surface area contributed by atoms with Gasteiger partial charge in [-0.2, -0.15) is 0 Å². The first-order valence-electron chi connectivity index (χ1n) is 6.94. The van der Waals surface area contributed by atoms with Gasteiger partial charge in [0, 0.05) is 13.0 Å². The molecule has 108 valence electrons. The molecule has 0 aliphatic carbocycles. The Bertz CT molecular complexity index is 156. The summed E-state index contributed by atoms with van der Waals surface area (Å²) in [7, 11) is 0. The van der Waals surface area contributed by atoms with Crippen LogP contribution < -0.4 is 0 Å². The lowest BCUT2D eigenvalue weighted by Crippen LogP contribution is -2.07.